The number of hydrogen-bond acceptors (Lipinski definition) is 7. The van der Waals surface area contributed by atoms with Crippen molar-refractivity contribution >= 4 is 40.0 Å². The van der Waals surface area contributed by atoms with Crippen molar-refractivity contribution in [3.8, 4) is 6.07 Å². The number of aromatic nitrogens is 4. The van der Waals surface area contributed by atoms with Crippen LogP contribution in [0.25, 0.3) is 10.9 Å². The van der Waals surface area contributed by atoms with E-state index in [-0.39, 0.29) is 16.5 Å². The first-order valence-electron chi connectivity index (χ1n) is 7.04. The number of fused-ring (bicyclic) bond motifs is 1. The molecule has 2 heterocycles. The highest BCUT2D eigenvalue weighted by molar-refractivity contribution is 7.98. The molecule has 0 bridgehead atoms. The third kappa shape index (κ3) is 3.24. The van der Waals surface area contributed by atoms with E-state index in [0.717, 1.165) is 0 Å². The van der Waals surface area contributed by atoms with Crippen molar-refractivity contribution in [2.75, 3.05) is 6.26 Å². The third-order valence-electron chi connectivity index (χ3n) is 3.43. The fourth-order valence-corrected chi connectivity index (χ4v) is 2.77. The lowest BCUT2D eigenvalue weighted by molar-refractivity contribution is 0.0970. The standard InChI is InChI=1S/C16H10ClN5O2S/c1-25-16-19-7-10(17)12(21-16)13(23)9(6-18)14-20-11-5-3-2-4-8(11)15(24)22-14/h2-5,7,9H,1H3,(H,20,22,24)/t9-/m1/s1. The molecule has 0 aliphatic carbocycles. The number of aromatic amines is 1. The highest BCUT2D eigenvalue weighted by Crippen LogP contribution is 2.23. The highest BCUT2D eigenvalue weighted by atomic mass is 35.5. The molecule has 0 saturated heterocycles. The number of para-hydroxylation sites is 1. The van der Waals surface area contributed by atoms with Gasteiger partial charge in [-0.25, -0.2) is 15.0 Å². The van der Waals surface area contributed by atoms with Crippen molar-refractivity contribution in [3.63, 3.8) is 0 Å². The van der Waals surface area contributed by atoms with Crippen LogP contribution in [0.2, 0.25) is 5.02 Å². The summed E-state index contributed by atoms with van der Waals surface area (Å²) in [6.45, 7) is 0. The second kappa shape index (κ2) is 7.01. The van der Waals surface area contributed by atoms with Gasteiger partial charge in [-0.05, 0) is 18.4 Å². The molecule has 0 aliphatic rings. The number of Topliss-reactive ketones (excluding diaryl/α,β-unsaturated/α-hetero) is 1. The van der Waals surface area contributed by atoms with Crippen LogP contribution in [-0.2, 0) is 0 Å². The van der Waals surface area contributed by atoms with Gasteiger partial charge in [0.05, 0.1) is 28.2 Å². The molecule has 0 aliphatic heterocycles. The molecule has 1 aromatic carbocycles. The predicted molar refractivity (Wildman–Crippen MR) is 93.9 cm³/mol. The first kappa shape index (κ1) is 17.1. The molecule has 0 radical (unpaired) electrons. The fraction of sp³-hybridized carbons (Fsp3) is 0.125. The molecule has 0 amide bonds. The van der Waals surface area contributed by atoms with Crippen LogP contribution >= 0.6 is 23.4 Å². The summed E-state index contributed by atoms with van der Waals surface area (Å²) in [5, 5.41) is 10.2. The Balaban J connectivity index is 2.11. The second-order valence-corrected chi connectivity index (χ2v) is 6.13. The molecule has 3 aromatic rings. The number of nitrogens with one attached hydrogen (secondary N) is 1. The number of nitrogens with zero attached hydrogens (tertiary/aromatic N) is 4. The maximum absolute atomic E-state index is 12.7. The summed E-state index contributed by atoms with van der Waals surface area (Å²) in [7, 11) is 0. The number of rotatable bonds is 4. The fourth-order valence-electron chi connectivity index (χ4n) is 2.24. The SMILES string of the molecule is CSc1ncc(Cl)c(C(=O)[C@@H](C#N)c2nc3ccccc3c(=O)[nH]2)n1. The Kier molecular flexibility index (Phi) is 4.79. The number of carbonyl (C=O) groups excluding carboxylic acids is 1. The summed E-state index contributed by atoms with van der Waals surface area (Å²) in [5.41, 5.74) is -0.108. The molecule has 25 heavy (non-hydrogen) atoms. The normalized spacial score (nSPS) is 11.9. The molecule has 124 valence electrons. The first-order valence-corrected chi connectivity index (χ1v) is 8.64. The van der Waals surface area contributed by atoms with E-state index < -0.39 is 17.3 Å². The number of hydrogen-bond donors (Lipinski definition) is 1. The zero-order valence-electron chi connectivity index (χ0n) is 12.9. The molecule has 0 saturated carbocycles. The zero-order chi connectivity index (χ0) is 18.0. The van der Waals surface area contributed by atoms with E-state index in [2.05, 4.69) is 19.9 Å². The van der Waals surface area contributed by atoms with Crippen LogP contribution < -0.4 is 5.56 Å². The molecule has 1 atom stereocenters. The molecule has 7 nitrogen and oxygen atoms in total. The van der Waals surface area contributed by atoms with Crippen LogP contribution in [0.15, 0.2) is 40.4 Å². The molecule has 3 rings (SSSR count). The Morgan fingerprint density at radius 1 is 1.36 bits per heavy atom. The lowest BCUT2D eigenvalue weighted by atomic mass is 10.0. The largest absolute Gasteiger partial charge is 0.308 e. The number of benzene rings is 1. The molecule has 0 fully saturated rings. The molecular weight excluding hydrogens is 362 g/mol. The zero-order valence-corrected chi connectivity index (χ0v) is 14.4. The minimum absolute atomic E-state index is 0.0335. The number of thioether (sulfide) groups is 1. The van der Waals surface area contributed by atoms with Gasteiger partial charge in [-0.1, -0.05) is 35.5 Å². The van der Waals surface area contributed by atoms with Crippen molar-refractivity contribution in [1.29, 1.82) is 5.26 Å². The van der Waals surface area contributed by atoms with Gasteiger partial charge >= 0.3 is 0 Å². The lowest BCUT2D eigenvalue weighted by Gasteiger charge is -2.09. The minimum atomic E-state index is -1.33. The Labute approximate surface area is 151 Å². The van der Waals surface area contributed by atoms with E-state index in [1.54, 1.807) is 30.5 Å². The lowest BCUT2D eigenvalue weighted by Crippen LogP contribution is -2.21. The molecule has 9 heteroatoms. The van der Waals surface area contributed by atoms with E-state index in [1.165, 1.54) is 18.0 Å². The summed E-state index contributed by atoms with van der Waals surface area (Å²) in [4.78, 5) is 39.7. The highest BCUT2D eigenvalue weighted by Gasteiger charge is 2.28. The summed E-state index contributed by atoms with van der Waals surface area (Å²) in [6.07, 6.45) is 3.06. The van der Waals surface area contributed by atoms with Crippen molar-refractivity contribution in [3.05, 3.63) is 57.4 Å². The Bertz CT molecular complexity index is 1080. The molecule has 0 unspecified atom stereocenters. The summed E-state index contributed by atoms with van der Waals surface area (Å²) in [5.74, 6) is -2.03. The van der Waals surface area contributed by atoms with Gasteiger partial charge in [0.15, 0.2) is 11.1 Å². The van der Waals surface area contributed by atoms with Gasteiger partial charge in [-0.3, -0.25) is 9.59 Å². The minimum Gasteiger partial charge on any atom is -0.308 e. The number of carbonyl (C=O) groups is 1. The average Bonchev–Trinajstić information content (AvgIpc) is 2.62. The van der Waals surface area contributed by atoms with E-state index in [0.29, 0.717) is 16.1 Å². The van der Waals surface area contributed by atoms with Crippen LogP contribution in [0.4, 0.5) is 0 Å². The quantitative estimate of drug-likeness (QED) is 0.426. The summed E-state index contributed by atoms with van der Waals surface area (Å²) < 4.78 is 0. The van der Waals surface area contributed by atoms with Crippen LogP contribution in [0.3, 0.4) is 0 Å². The molecule has 2 aromatic heterocycles. The van der Waals surface area contributed by atoms with Crippen LogP contribution in [0.5, 0.6) is 0 Å². The van der Waals surface area contributed by atoms with E-state index in [4.69, 9.17) is 11.6 Å². The van der Waals surface area contributed by atoms with Crippen LogP contribution in [0, 0.1) is 11.3 Å². The Hall–Kier alpha value is -2.76. The Morgan fingerprint density at radius 2 is 2.12 bits per heavy atom. The molecule has 0 spiro atoms. The van der Waals surface area contributed by atoms with E-state index >= 15 is 0 Å². The van der Waals surface area contributed by atoms with Gasteiger partial charge in [0, 0.05) is 0 Å². The maximum atomic E-state index is 12.7. The summed E-state index contributed by atoms with van der Waals surface area (Å²) in [6, 6.07) is 8.53. The van der Waals surface area contributed by atoms with Gasteiger partial charge in [-0.2, -0.15) is 5.26 Å². The number of nitriles is 1. The monoisotopic (exact) mass is 371 g/mol. The van der Waals surface area contributed by atoms with Crippen LogP contribution in [0.1, 0.15) is 22.2 Å². The van der Waals surface area contributed by atoms with Crippen LogP contribution in [-0.4, -0.2) is 32.0 Å². The maximum Gasteiger partial charge on any atom is 0.258 e. The van der Waals surface area contributed by atoms with Crippen molar-refractivity contribution in [2.24, 2.45) is 0 Å². The average molecular weight is 372 g/mol. The van der Waals surface area contributed by atoms with Gasteiger partial charge in [0.25, 0.3) is 5.56 Å². The van der Waals surface area contributed by atoms with Crippen molar-refractivity contribution in [2.45, 2.75) is 11.1 Å². The van der Waals surface area contributed by atoms with E-state index in [1.807, 2.05) is 6.07 Å². The van der Waals surface area contributed by atoms with Crippen molar-refractivity contribution in [1.82, 2.24) is 19.9 Å². The smallest absolute Gasteiger partial charge is 0.258 e. The van der Waals surface area contributed by atoms with Crippen molar-refractivity contribution < 1.29 is 4.79 Å². The second-order valence-electron chi connectivity index (χ2n) is 4.95. The van der Waals surface area contributed by atoms with E-state index in [9.17, 15) is 14.9 Å². The molecular formula is C16H10ClN5O2S. The molecule has 1 N–H and O–H groups in total. The summed E-state index contributed by atoms with van der Waals surface area (Å²) >= 11 is 7.25. The number of H-pyrrole nitrogens is 1. The predicted octanol–water partition coefficient (Wildman–Crippen LogP) is 2.58. The third-order valence-corrected chi connectivity index (χ3v) is 4.27. The topological polar surface area (TPSA) is 112 Å². The first-order chi connectivity index (χ1) is 12.0. The number of halogens is 1. The van der Waals surface area contributed by atoms with Gasteiger partial charge in [0.1, 0.15) is 11.5 Å². The number of ketones is 1. The van der Waals surface area contributed by atoms with Gasteiger partial charge in [0.2, 0.25) is 5.78 Å². The Morgan fingerprint density at radius 3 is 2.84 bits per heavy atom. The van der Waals surface area contributed by atoms with Gasteiger partial charge in [-0.15, -0.1) is 0 Å². The van der Waals surface area contributed by atoms with Gasteiger partial charge < -0.3 is 4.98 Å².